The zero-order chi connectivity index (χ0) is 12.6. The molecule has 4 nitrogen and oxygen atoms in total. The minimum absolute atomic E-state index is 0.0605. The van der Waals surface area contributed by atoms with E-state index in [1.54, 1.807) is 10.9 Å². The van der Waals surface area contributed by atoms with Gasteiger partial charge in [-0.2, -0.15) is 5.10 Å². The van der Waals surface area contributed by atoms with Crippen LogP contribution in [0.3, 0.4) is 0 Å². The Morgan fingerprint density at radius 3 is 2.24 bits per heavy atom. The van der Waals surface area contributed by atoms with Gasteiger partial charge < -0.3 is 0 Å². The second kappa shape index (κ2) is 4.45. The summed E-state index contributed by atoms with van der Waals surface area (Å²) in [5.41, 5.74) is 3.86. The van der Waals surface area contributed by atoms with E-state index in [2.05, 4.69) is 15.1 Å². The van der Waals surface area contributed by atoms with Gasteiger partial charge in [-0.05, 0) is 33.8 Å². The largest absolute Gasteiger partial charge is 0.251 e. The molecule has 2 aromatic rings. The van der Waals surface area contributed by atoms with Crippen LogP contribution in [0.1, 0.15) is 34.9 Å². The number of nitrogens with zero attached hydrogens (tertiary/aromatic N) is 4. The Kier molecular flexibility index (Phi) is 3.15. The molecule has 0 bridgehead atoms. The first-order valence-corrected chi connectivity index (χ1v) is 5.94. The van der Waals surface area contributed by atoms with Crippen molar-refractivity contribution < 1.29 is 0 Å². The SMILES string of the molecule is Cc1cc(C)nc(-n2ncc(C(C)Cl)c2C)n1. The zero-order valence-electron chi connectivity index (χ0n) is 10.4. The summed E-state index contributed by atoms with van der Waals surface area (Å²) in [6.45, 7) is 7.80. The fourth-order valence-corrected chi connectivity index (χ4v) is 2.03. The molecule has 17 heavy (non-hydrogen) atoms. The highest BCUT2D eigenvalue weighted by Gasteiger charge is 2.13. The lowest BCUT2D eigenvalue weighted by Crippen LogP contribution is -2.07. The summed E-state index contributed by atoms with van der Waals surface area (Å²) >= 11 is 6.08. The van der Waals surface area contributed by atoms with Gasteiger partial charge in [0.1, 0.15) is 0 Å². The molecule has 2 heterocycles. The molecular formula is C12H15ClN4. The summed E-state index contributed by atoms with van der Waals surface area (Å²) in [5, 5.41) is 4.24. The second-order valence-electron chi connectivity index (χ2n) is 4.16. The van der Waals surface area contributed by atoms with Gasteiger partial charge in [0, 0.05) is 22.6 Å². The maximum atomic E-state index is 6.08. The van der Waals surface area contributed by atoms with Crippen molar-refractivity contribution in [1.29, 1.82) is 0 Å². The first-order valence-electron chi connectivity index (χ1n) is 5.50. The van der Waals surface area contributed by atoms with Gasteiger partial charge in [-0.15, -0.1) is 11.6 Å². The first kappa shape index (κ1) is 12.0. The molecular weight excluding hydrogens is 236 g/mol. The van der Waals surface area contributed by atoms with Gasteiger partial charge in [0.15, 0.2) is 0 Å². The van der Waals surface area contributed by atoms with Crippen LogP contribution in [0, 0.1) is 20.8 Å². The molecule has 0 saturated heterocycles. The number of alkyl halides is 1. The molecule has 0 spiro atoms. The number of aromatic nitrogens is 4. The van der Waals surface area contributed by atoms with E-state index >= 15 is 0 Å². The summed E-state index contributed by atoms with van der Waals surface area (Å²) in [4.78, 5) is 8.77. The third kappa shape index (κ3) is 2.31. The number of aryl methyl sites for hydroxylation is 2. The fraction of sp³-hybridized carbons (Fsp3) is 0.417. The molecule has 90 valence electrons. The minimum Gasteiger partial charge on any atom is -0.216 e. The highest BCUT2D eigenvalue weighted by atomic mass is 35.5. The van der Waals surface area contributed by atoms with Gasteiger partial charge in [0.25, 0.3) is 5.95 Å². The predicted octanol–water partition coefficient (Wildman–Crippen LogP) is 2.89. The zero-order valence-corrected chi connectivity index (χ0v) is 11.2. The summed E-state index contributed by atoms with van der Waals surface area (Å²) < 4.78 is 1.73. The topological polar surface area (TPSA) is 43.6 Å². The lowest BCUT2D eigenvalue weighted by atomic mass is 10.2. The molecule has 2 aromatic heterocycles. The van der Waals surface area contributed by atoms with E-state index in [1.165, 1.54) is 0 Å². The van der Waals surface area contributed by atoms with E-state index < -0.39 is 0 Å². The lowest BCUT2D eigenvalue weighted by Gasteiger charge is -2.06. The van der Waals surface area contributed by atoms with E-state index in [0.29, 0.717) is 5.95 Å². The highest BCUT2D eigenvalue weighted by Crippen LogP contribution is 2.23. The lowest BCUT2D eigenvalue weighted by molar-refractivity contribution is 0.768. The Labute approximate surface area is 106 Å². The van der Waals surface area contributed by atoms with Crippen LogP contribution in [0.2, 0.25) is 0 Å². The molecule has 1 unspecified atom stereocenters. The van der Waals surface area contributed by atoms with Gasteiger partial charge >= 0.3 is 0 Å². The van der Waals surface area contributed by atoms with Crippen molar-refractivity contribution in [3.05, 3.63) is 34.9 Å². The molecule has 0 aliphatic carbocycles. The van der Waals surface area contributed by atoms with Crippen molar-refractivity contribution in [3.63, 3.8) is 0 Å². The molecule has 1 atom stereocenters. The molecule has 0 radical (unpaired) electrons. The van der Waals surface area contributed by atoms with Crippen molar-refractivity contribution in [1.82, 2.24) is 19.7 Å². The number of halogens is 1. The maximum Gasteiger partial charge on any atom is 0.251 e. The maximum absolute atomic E-state index is 6.08. The van der Waals surface area contributed by atoms with E-state index in [9.17, 15) is 0 Å². The van der Waals surface area contributed by atoms with E-state index in [4.69, 9.17) is 11.6 Å². The van der Waals surface area contributed by atoms with Crippen molar-refractivity contribution in [2.75, 3.05) is 0 Å². The predicted molar refractivity (Wildman–Crippen MR) is 67.6 cm³/mol. The Hall–Kier alpha value is -1.42. The summed E-state index contributed by atoms with van der Waals surface area (Å²) in [5.74, 6) is 0.601. The van der Waals surface area contributed by atoms with Crippen LogP contribution in [0.25, 0.3) is 5.95 Å². The van der Waals surface area contributed by atoms with Crippen molar-refractivity contribution in [2.45, 2.75) is 33.1 Å². The second-order valence-corrected chi connectivity index (χ2v) is 4.82. The van der Waals surface area contributed by atoms with Crippen molar-refractivity contribution in [3.8, 4) is 5.95 Å². The van der Waals surface area contributed by atoms with Gasteiger partial charge in [-0.3, -0.25) is 0 Å². The van der Waals surface area contributed by atoms with Crippen molar-refractivity contribution >= 4 is 11.6 Å². The number of hydrogen-bond donors (Lipinski definition) is 0. The smallest absolute Gasteiger partial charge is 0.216 e. The number of hydrogen-bond acceptors (Lipinski definition) is 3. The van der Waals surface area contributed by atoms with E-state index in [1.807, 2.05) is 33.8 Å². The fourth-order valence-electron chi connectivity index (χ4n) is 1.82. The first-order chi connectivity index (χ1) is 7.99. The Balaban J connectivity index is 2.53. The van der Waals surface area contributed by atoms with Gasteiger partial charge in [0.05, 0.1) is 11.6 Å². The Morgan fingerprint density at radius 1 is 1.18 bits per heavy atom. The van der Waals surface area contributed by atoms with E-state index in [-0.39, 0.29) is 5.38 Å². The molecule has 0 aromatic carbocycles. The van der Waals surface area contributed by atoms with Crippen LogP contribution in [0.4, 0.5) is 0 Å². The van der Waals surface area contributed by atoms with Crippen LogP contribution >= 0.6 is 11.6 Å². The van der Waals surface area contributed by atoms with E-state index in [0.717, 1.165) is 22.6 Å². The van der Waals surface area contributed by atoms with Gasteiger partial charge in [0.2, 0.25) is 0 Å². The van der Waals surface area contributed by atoms with Gasteiger partial charge in [-0.1, -0.05) is 0 Å². The third-order valence-corrected chi connectivity index (χ3v) is 2.87. The summed E-state index contributed by atoms with van der Waals surface area (Å²) in [6.07, 6.45) is 1.77. The normalized spacial score (nSPS) is 12.8. The van der Waals surface area contributed by atoms with Crippen LogP contribution in [-0.4, -0.2) is 19.7 Å². The van der Waals surface area contributed by atoms with Crippen LogP contribution < -0.4 is 0 Å². The Morgan fingerprint density at radius 2 is 1.76 bits per heavy atom. The highest BCUT2D eigenvalue weighted by molar-refractivity contribution is 6.20. The average Bonchev–Trinajstić information content (AvgIpc) is 2.58. The van der Waals surface area contributed by atoms with Crippen molar-refractivity contribution in [2.24, 2.45) is 0 Å². The average molecular weight is 251 g/mol. The standard InChI is InChI=1S/C12H15ClN4/c1-7-5-8(2)16-12(15-7)17-10(4)11(6-14-17)9(3)13/h5-6,9H,1-4H3. The number of rotatable bonds is 2. The van der Waals surface area contributed by atoms with Gasteiger partial charge in [-0.25, -0.2) is 14.6 Å². The molecule has 0 aliphatic heterocycles. The molecule has 2 rings (SSSR count). The summed E-state index contributed by atoms with van der Waals surface area (Å²) in [7, 11) is 0. The molecule has 0 aliphatic rings. The quantitative estimate of drug-likeness (QED) is 0.770. The molecule has 0 N–H and O–H groups in total. The summed E-state index contributed by atoms with van der Waals surface area (Å²) in [6, 6.07) is 1.94. The minimum atomic E-state index is -0.0605. The van der Waals surface area contributed by atoms with Crippen LogP contribution in [0.15, 0.2) is 12.3 Å². The molecule has 0 saturated carbocycles. The molecule has 5 heteroatoms. The third-order valence-electron chi connectivity index (χ3n) is 2.64. The van der Waals surface area contributed by atoms with Crippen LogP contribution in [0.5, 0.6) is 0 Å². The Bertz CT molecular complexity index is 525. The van der Waals surface area contributed by atoms with Crippen LogP contribution in [-0.2, 0) is 0 Å². The monoisotopic (exact) mass is 250 g/mol. The molecule has 0 amide bonds. The molecule has 0 fully saturated rings.